The third-order valence-electron chi connectivity index (χ3n) is 4.34. The van der Waals surface area contributed by atoms with Gasteiger partial charge in [0.25, 0.3) is 10.0 Å². The first-order valence-corrected chi connectivity index (χ1v) is 11.8. The highest BCUT2D eigenvalue weighted by Crippen LogP contribution is 2.36. The second-order valence-electron chi connectivity index (χ2n) is 5.99. The molecule has 0 radical (unpaired) electrons. The standard InChI is InChI=1S/C16H15Cl2N3O2S3/c1-10-2-3-11(17)15-14(10)19-16(25-15)20-6-8-21(9-7-20)26(22,23)13-5-4-12(18)24-13/h2-5H,6-9H2,1H3. The molecule has 5 nitrogen and oxygen atoms in total. The predicted octanol–water partition coefficient (Wildman–Crippen LogP) is 4.48. The fourth-order valence-corrected chi connectivity index (χ4v) is 7.34. The van der Waals surface area contributed by atoms with E-state index in [1.54, 1.807) is 23.5 Å². The van der Waals surface area contributed by atoms with E-state index in [0.29, 0.717) is 39.7 Å². The molecule has 0 saturated carbocycles. The first-order valence-electron chi connectivity index (χ1n) is 7.92. The van der Waals surface area contributed by atoms with E-state index in [0.717, 1.165) is 32.2 Å². The number of fused-ring (bicyclic) bond motifs is 1. The Morgan fingerprint density at radius 2 is 1.77 bits per heavy atom. The van der Waals surface area contributed by atoms with Crippen LogP contribution in [-0.2, 0) is 10.0 Å². The SMILES string of the molecule is Cc1ccc(Cl)c2sc(N3CCN(S(=O)(=O)c4ccc(Cl)s4)CC3)nc12. The zero-order valence-electron chi connectivity index (χ0n) is 13.8. The Hall–Kier alpha value is -0.900. The van der Waals surface area contributed by atoms with Gasteiger partial charge in [-0.2, -0.15) is 4.31 Å². The van der Waals surface area contributed by atoms with Gasteiger partial charge in [-0.1, -0.05) is 40.6 Å². The lowest BCUT2D eigenvalue weighted by Crippen LogP contribution is -2.48. The average molecular weight is 448 g/mol. The van der Waals surface area contributed by atoms with Gasteiger partial charge in [0.1, 0.15) is 4.21 Å². The predicted molar refractivity (Wildman–Crippen MR) is 110 cm³/mol. The number of rotatable bonds is 3. The molecular formula is C16H15Cl2N3O2S3. The Labute approximate surface area is 169 Å². The van der Waals surface area contributed by atoms with Crippen LogP contribution in [-0.4, -0.2) is 43.9 Å². The molecule has 1 aromatic carbocycles. The highest BCUT2D eigenvalue weighted by Gasteiger charge is 2.30. The summed E-state index contributed by atoms with van der Waals surface area (Å²) in [4.78, 5) is 6.84. The van der Waals surface area contributed by atoms with Crippen molar-refractivity contribution in [3.8, 4) is 0 Å². The number of thiazole rings is 1. The summed E-state index contributed by atoms with van der Waals surface area (Å²) in [6.45, 7) is 4.03. The summed E-state index contributed by atoms with van der Waals surface area (Å²) < 4.78 is 28.7. The zero-order chi connectivity index (χ0) is 18.5. The van der Waals surface area contributed by atoms with Crippen LogP contribution in [0.25, 0.3) is 10.2 Å². The van der Waals surface area contributed by atoms with Crippen LogP contribution in [0.5, 0.6) is 0 Å². The van der Waals surface area contributed by atoms with Crippen molar-refractivity contribution in [2.75, 3.05) is 31.1 Å². The van der Waals surface area contributed by atoms with Gasteiger partial charge < -0.3 is 4.90 Å². The van der Waals surface area contributed by atoms with Crippen molar-refractivity contribution in [3.63, 3.8) is 0 Å². The van der Waals surface area contributed by atoms with E-state index in [2.05, 4.69) is 4.90 Å². The molecule has 26 heavy (non-hydrogen) atoms. The molecular weight excluding hydrogens is 433 g/mol. The molecule has 0 N–H and O–H groups in total. The van der Waals surface area contributed by atoms with Gasteiger partial charge in [0.05, 0.1) is 19.6 Å². The number of hydrogen-bond donors (Lipinski definition) is 0. The van der Waals surface area contributed by atoms with Gasteiger partial charge in [0.2, 0.25) is 0 Å². The molecule has 3 heterocycles. The van der Waals surface area contributed by atoms with Crippen molar-refractivity contribution in [1.29, 1.82) is 0 Å². The molecule has 0 unspecified atom stereocenters. The van der Waals surface area contributed by atoms with Crippen LogP contribution in [0.4, 0.5) is 5.13 Å². The summed E-state index contributed by atoms with van der Waals surface area (Å²) in [5.41, 5.74) is 2.00. The number of aryl methyl sites for hydroxylation is 1. The average Bonchev–Trinajstić information content (AvgIpc) is 3.26. The number of nitrogens with zero attached hydrogens (tertiary/aromatic N) is 3. The summed E-state index contributed by atoms with van der Waals surface area (Å²) in [6, 6.07) is 7.03. The van der Waals surface area contributed by atoms with Gasteiger partial charge in [-0.05, 0) is 30.7 Å². The van der Waals surface area contributed by atoms with Gasteiger partial charge in [0.15, 0.2) is 5.13 Å². The fourth-order valence-electron chi connectivity index (χ4n) is 2.91. The molecule has 3 aromatic rings. The van der Waals surface area contributed by atoms with Gasteiger partial charge in [-0.15, -0.1) is 11.3 Å². The van der Waals surface area contributed by atoms with Crippen LogP contribution in [0, 0.1) is 6.92 Å². The van der Waals surface area contributed by atoms with Crippen LogP contribution in [0.2, 0.25) is 9.36 Å². The second-order valence-corrected chi connectivity index (χ2v) is 11.3. The molecule has 1 aliphatic rings. The van der Waals surface area contributed by atoms with Gasteiger partial charge in [-0.25, -0.2) is 13.4 Å². The molecule has 1 aliphatic heterocycles. The lowest BCUT2D eigenvalue weighted by molar-refractivity contribution is 0.386. The van der Waals surface area contributed by atoms with E-state index < -0.39 is 10.0 Å². The van der Waals surface area contributed by atoms with E-state index >= 15 is 0 Å². The molecule has 4 rings (SSSR count). The molecule has 0 spiro atoms. The Balaban J connectivity index is 1.54. The molecule has 0 atom stereocenters. The largest absolute Gasteiger partial charge is 0.345 e. The molecule has 138 valence electrons. The minimum atomic E-state index is -3.48. The second kappa shape index (κ2) is 6.92. The Bertz CT molecular complexity index is 1030. The lowest BCUT2D eigenvalue weighted by atomic mass is 10.2. The maximum atomic E-state index is 12.7. The quantitative estimate of drug-likeness (QED) is 0.593. The van der Waals surface area contributed by atoms with Crippen LogP contribution >= 0.6 is 45.9 Å². The maximum Gasteiger partial charge on any atom is 0.252 e. The first-order chi connectivity index (χ1) is 12.4. The third kappa shape index (κ3) is 3.23. The van der Waals surface area contributed by atoms with Crippen LogP contribution in [0.1, 0.15) is 5.56 Å². The van der Waals surface area contributed by atoms with Crippen molar-refractivity contribution in [1.82, 2.24) is 9.29 Å². The number of sulfonamides is 1. The van der Waals surface area contributed by atoms with Crippen LogP contribution in [0.3, 0.4) is 0 Å². The van der Waals surface area contributed by atoms with Crippen molar-refractivity contribution in [2.45, 2.75) is 11.1 Å². The fraction of sp³-hybridized carbons (Fsp3) is 0.312. The summed E-state index contributed by atoms with van der Waals surface area (Å²) in [6.07, 6.45) is 0. The lowest BCUT2D eigenvalue weighted by Gasteiger charge is -2.33. The monoisotopic (exact) mass is 447 g/mol. The van der Waals surface area contributed by atoms with Gasteiger partial charge >= 0.3 is 0 Å². The Morgan fingerprint density at radius 3 is 2.38 bits per heavy atom. The van der Waals surface area contributed by atoms with Crippen molar-refractivity contribution >= 4 is 71.2 Å². The van der Waals surface area contributed by atoms with E-state index in [9.17, 15) is 8.42 Å². The van der Waals surface area contributed by atoms with Crippen LogP contribution in [0.15, 0.2) is 28.5 Å². The third-order valence-corrected chi connectivity index (χ3v) is 9.51. The van der Waals surface area contributed by atoms with Crippen molar-refractivity contribution in [2.24, 2.45) is 0 Å². The van der Waals surface area contributed by atoms with E-state index in [-0.39, 0.29) is 0 Å². The molecule has 0 aliphatic carbocycles. The Kier molecular flexibility index (Phi) is 4.92. The number of aromatic nitrogens is 1. The molecule has 1 fully saturated rings. The normalized spacial score (nSPS) is 16.5. The highest BCUT2D eigenvalue weighted by molar-refractivity contribution is 7.91. The van der Waals surface area contributed by atoms with E-state index in [4.69, 9.17) is 28.2 Å². The number of benzene rings is 1. The first kappa shape index (κ1) is 18.5. The maximum absolute atomic E-state index is 12.7. The number of thiophene rings is 1. The van der Waals surface area contributed by atoms with Gasteiger partial charge in [0, 0.05) is 26.2 Å². The summed E-state index contributed by atoms with van der Waals surface area (Å²) in [7, 11) is -3.48. The molecule has 0 amide bonds. The van der Waals surface area contributed by atoms with Crippen LogP contribution < -0.4 is 4.90 Å². The molecule has 0 bridgehead atoms. The minimum Gasteiger partial charge on any atom is -0.345 e. The summed E-state index contributed by atoms with van der Waals surface area (Å²) in [5, 5.41) is 1.58. The van der Waals surface area contributed by atoms with Gasteiger partial charge in [-0.3, -0.25) is 0 Å². The number of piperazine rings is 1. The summed E-state index contributed by atoms with van der Waals surface area (Å²) >= 11 is 14.8. The topological polar surface area (TPSA) is 53.5 Å². The molecule has 1 saturated heterocycles. The summed E-state index contributed by atoms with van der Waals surface area (Å²) in [5.74, 6) is 0. The van der Waals surface area contributed by atoms with Crippen molar-refractivity contribution in [3.05, 3.63) is 39.2 Å². The number of anilines is 1. The smallest absolute Gasteiger partial charge is 0.252 e. The molecule has 10 heteroatoms. The minimum absolute atomic E-state index is 0.290. The zero-order valence-corrected chi connectivity index (χ0v) is 17.7. The molecule has 2 aromatic heterocycles. The highest BCUT2D eigenvalue weighted by atomic mass is 35.5. The van der Waals surface area contributed by atoms with E-state index in [1.807, 2.05) is 19.1 Å². The van der Waals surface area contributed by atoms with Crippen molar-refractivity contribution < 1.29 is 8.42 Å². The number of halogens is 2. The van der Waals surface area contributed by atoms with E-state index in [1.165, 1.54) is 4.31 Å². The Morgan fingerprint density at radius 1 is 1.04 bits per heavy atom. The number of hydrogen-bond acceptors (Lipinski definition) is 6.